The number of carboxylic acids is 1. The van der Waals surface area contributed by atoms with E-state index >= 15 is 0 Å². The fraction of sp³-hybridized carbons (Fsp3) is 0.875. The van der Waals surface area contributed by atoms with Crippen molar-refractivity contribution in [1.82, 2.24) is 0 Å². The Labute approximate surface area is 88.8 Å². The Kier molecular flexibility index (Phi) is 13.6. The summed E-state index contributed by atoms with van der Waals surface area (Å²) in [7, 11) is 0. The van der Waals surface area contributed by atoms with Crippen molar-refractivity contribution in [2.45, 2.75) is 39.5 Å². The zero-order valence-corrected chi connectivity index (χ0v) is 10.1. The SMILES string of the molecule is CCCCC(CC)C(=O)O.[O]=[Zr]. The summed E-state index contributed by atoms with van der Waals surface area (Å²) in [5.41, 5.74) is 0. The van der Waals surface area contributed by atoms with Crippen molar-refractivity contribution in [3.05, 3.63) is 0 Å². The molecule has 4 heteroatoms. The molecule has 0 rings (SSSR count). The third-order valence-corrected chi connectivity index (χ3v) is 1.75. The summed E-state index contributed by atoms with van der Waals surface area (Å²) in [5.74, 6) is -0.754. The Bertz CT molecular complexity index is 117. The van der Waals surface area contributed by atoms with Crippen LogP contribution in [0.1, 0.15) is 39.5 Å². The van der Waals surface area contributed by atoms with Crippen molar-refractivity contribution in [2.75, 3.05) is 0 Å². The standard InChI is InChI=1S/C8H16O2.O.Zr/c1-3-5-6-7(4-2)8(9)10;;/h7H,3-6H2,1-2H3,(H,9,10);;. The molecule has 0 radical (unpaired) electrons. The van der Waals surface area contributed by atoms with E-state index in [1.54, 1.807) is 0 Å². The van der Waals surface area contributed by atoms with E-state index < -0.39 is 5.97 Å². The normalized spacial score (nSPS) is 11.1. The number of carboxylic acid groups (broad SMARTS) is 1. The average Bonchev–Trinajstić information content (AvgIpc) is 2.09. The van der Waals surface area contributed by atoms with Crippen LogP contribution in [0.2, 0.25) is 0 Å². The summed E-state index contributed by atoms with van der Waals surface area (Å²) < 4.78 is 8.34. The number of hydrogen-bond acceptors (Lipinski definition) is 2. The predicted octanol–water partition coefficient (Wildman–Crippen LogP) is 2.17. The first-order valence-corrected chi connectivity index (χ1v) is 5.15. The second-order valence-corrected chi connectivity index (χ2v) is 2.59. The molecule has 0 saturated heterocycles. The molecule has 0 amide bonds. The van der Waals surface area contributed by atoms with Gasteiger partial charge in [0, 0.05) is 0 Å². The molecule has 0 aliphatic rings. The average molecular weight is 251 g/mol. The fourth-order valence-corrected chi connectivity index (χ4v) is 0.953. The Hall–Kier alpha value is 0.153. The molecule has 0 fully saturated rings. The van der Waals surface area contributed by atoms with E-state index in [9.17, 15) is 4.79 Å². The van der Waals surface area contributed by atoms with Gasteiger partial charge in [0.25, 0.3) is 0 Å². The van der Waals surface area contributed by atoms with E-state index in [0.717, 1.165) is 25.7 Å². The molecule has 0 heterocycles. The number of unbranched alkanes of at least 4 members (excludes halogenated alkanes) is 1. The summed E-state index contributed by atoms with van der Waals surface area (Å²) in [6.07, 6.45) is 3.71. The maximum atomic E-state index is 10.4. The third kappa shape index (κ3) is 8.25. The van der Waals surface area contributed by atoms with Gasteiger partial charge in [0.1, 0.15) is 0 Å². The van der Waals surface area contributed by atoms with Crippen LogP contribution in [0, 0.1) is 5.92 Å². The van der Waals surface area contributed by atoms with Crippen molar-refractivity contribution in [3.8, 4) is 0 Å². The first-order valence-electron chi connectivity index (χ1n) is 4.15. The van der Waals surface area contributed by atoms with Crippen LogP contribution in [0.3, 0.4) is 0 Å². The summed E-state index contributed by atoms with van der Waals surface area (Å²) >= 11 is 0.300. The first-order chi connectivity index (χ1) is 5.72. The fourth-order valence-electron chi connectivity index (χ4n) is 0.953. The van der Waals surface area contributed by atoms with Crippen LogP contribution in [-0.2, 0) is 32.3 Å². The van der Waals surface area contributed by atoms with Crippen molar-refractivity contribution in [2.24, 2.45) is 5.92 Å². The van der Waals surface area contributed by atoms with Crippen LogP contribution in [0.25, 0.3) is 0 Å². The maximum absolute atomic E-state index is 10.4. The summed E-state index contributed by atoms with van der Waals surface area (Å²) in [6.45, 7) is 4.00. The van der Waals surface area contributed by atoms with Crippen molar-refractivity contribution >= 4 is 5.97 Å². The molecule has 0 aromatic rings. The molecule has 1 N–H and O–H groups in total. The van der Waals surface area contributed by atoms with Gasteiger partial charge >= 0.3 is 33.5 Å². The quantitative estimate of drug-likeness (QED) is 0.814. The van der Waals surface area contributed by atoms with Crippen molar-refractivity contribution < 1.29 is 37.4 Å². The van der Waals surface area contributed by atoms with Gasteiger partial charge in [-0.2, -0.15) is 0 Å². The molecule has 1 unspecified atom stereocenters. The predicted molar refractivity (Wildman–Crippen MR) is 41.6 cm³/mol. The Balaban J connectivity index is 0. The molecule has 0 saturated carbocycles. The van der Waals surface area contributed by atoms with E-state index in [2.05, 4.69) is 6.92 Å². The molecule has 3 nitrogen and oxygen atoms in total. The van der Waals surface area contributed by atoms with Crippen LogP contribution in [0.15, 0.2) is 0 Å². The van der Waals surface area contributed by atoms with E-state index in [1.165, 1.54) is 0 Å². The molecule has 0 spiro atoms. The van der Waals surface area contributed by atoms with E-state index in [4.69, 9.17) is 7.92 Å². The molecule has 0 bridgehead atoms. The monoisotopic (exact) mass is 250 g/mol. The molecular formula is C8H16O3Zr. The van der Waals surface area contributed by atoms with E-state index in [-0.39, 0.29) is 5.92 Å². The number of aliphatic carboxylic acids is 1. The van der Waals surface area contributed by atoms with Gasteiger partial charge in [-0.25, -0.2) is 0 Å². The minimum atomic E-state index is -0.643. The van der Waals surface area contributed by atoms with Crippen molar-refractivity contribution in [1.29, 1.82) is 0 Å². The van der Waals surface area contributed by atoms with Gasteiger partial charge < -0.3 is 5.11 Å². The van der Waals surface area contributed by atoms with Crippen LogP contribution in [0.5, 0.6) is 0 Å². The number of hydrogen-bond donors (Lipinski definition) is 1. The zero-order valence-electron chi connectivity index (χ0n) is 7.67. The third-order valence-electron chi connectivity index (χ3n) is 1.75. The number of carbonyl (C=O) groups is 1. The van der Waals surface area contributed by atoms with Gasteiger partial charge in [0.2, 0.25) is 0 Å². The molecule has 0 aromatic carbocycles. The summed E-state index contributed by atoms with van der Waals surface area (Å²) in [4.78, 5) is 10.4. The van der Waals surface area contributed by atoms with E-state index in [0.29, 0.717) is 24.7 Å². The molecule has 0 aliphatic heterocycles. The van der Waals surface area contributed by atoms with Crippen LogP contribution >= 0.6 is 0 Å². The number of rotatable bonds is 5. The van der Waals surface area contributed by atoms with Gasteiger partial charge in [-0.1, -0.05) is 26.7 Å². The van der Waals surface area contributed by atoms with Gasteiger partial charge in [0.05, 0.1) is 5.92 Å². The van der Waals surface area contributed by atoms with Crippen LogP contribution in [-0.4, -0.2) is 11.1 Å². The van der Waals surface area contributed by atoms with Gasteiger partial charge in [-0.05, 0) is 12.8 Å². The Morgan fingerprint density at radius 3 is 2.17 bits per heavy atom. The Morgan fingerprint density at radius 1 is 1.42 bits per heavy atom. The first kappa shape index (κ1) is 14.7. The molecular weight excluding hydrogens is 235 g/mol. The zero-order chi connectivity index (χ0) is 9.98. The molecule has 70 valence electrons. The van der Waals surface area contributed by atoms with E-state index in [1.807, 2.05) is 6.92 Å². The summed E-state index contributed by atoms with van der Waals surface area (Å²) in [6, 6.07) is 0. The van der Waals surface area contributed by atoms with Crippen LogP contribution < -0.4 is 0 Å². The second kappa shape index (κ2) is 11.2. The Morgan fingerprint density at radius 2 is 1.92 bits per heavy atom. The van der Waals surface area contributed by atoms with Crippen LogP contribution in [0.4, 0.5) is 0 Å². The molecule has 1 atom stereocenters. The van der Waals surface area contributed by atoms with Gasteiger partial charge in [-0.3, -0.25) is 4.79 Å². The van der Waals surface area contributed by atoms with Crippen molar-refractivity contribution in [3.63, 3.8) is 0 Å². The van der Waals surface area contributed by atoms with Gasteiger partial charge in [0.15, 0.2) is 0 Å². The minimum absolute atomic E-state index is 0.111. The molecule has 12 heavy (non-hydrogen) atoms. The summed E-state index contributed by atoms with van der Waals surface area (Å²) in [5, 5.41) is 8.60. The topological polar surface area (TPSA) is 54.4 Å². The van der Waals surface area contributed by atoms with Gasteiger partial charge in [-0.15, -0.1) is 0 Å². The molecule has 0 aliphatic carbocycles. The molecule has 0 aromatic heterocycles. The second-order valence-electron chi connectivity index (χ2n) is 2.59.